The van der Waals surface area contributed by atoms with E-state index in [0.717, 1.165) is 17.0 Å². The summed E-state index contributed by atoms with van der Waals surface area (Å²) in [6, 6.07) is 7.60. The molecule has 2 aromatic carbocycles. The minimum absolute atomic E-state index is 0. The molecule has 2 aromatic rings. The van der Waals surface area contributed by atoms with Crippen LogP contribution in [0.25, 0.3) is 0 Å². The second-order valence-electron chi connectivity index (χ2n) is 8.04. The Balaban J connectivity index is 0.00000253. The molecular weight excluding hydrogens is 488 g/mol. The molecule has 0 radical (unpaired) electrons. The van der Waals surface area contributed by atoms with Crippen LogP contribution in [0.4, 0.5) is 45.1 Å². The highest BCUT2D eigenvalue weighted by atomic mass is 19.3. The summed E-state index contributed by atoms with van der Waals surface area (Å²) in [6.45, 7) is 1.48. The number of benzene rings is 1. The first-order valence-corrected chi connectivity index (χ1v) is 11.0. The third kappa shape index (κ3) is 5.67. The Morgan fingerprint density at radius 2 is 1.75 bits per heavy atom. The fraction of sp³-hybridized carbons (Fsp3) is 0.348. The molecule has 2 aliphatic rings. The van der Waals surface area contributed by atoms with Crippen molar-refractivity contribution in [3.8, 4) is 0 Å². The Kier molecular flexibility index (Phi) is 7.58. The van der Waals surface area contributed by atoms with E-state index >= 15 is 0 Å². The summed E-state index contributed by atoms with van der Waals surface area (Å²) in [7, 11) is 0. The zero-order valence-corrected chi connectivity index (χ0v) is 18.8. The van der Waals surface area contributed by atoms with Crippen LogP contribution >= 0.6 is 0 Å². The maximum absolute atomic E-state index is 14.9. The molecule has 2 fully saturated rings. The molecule has 0 aromatic heterocycles. The van der Waals surface area contributed by atoms with Crippen LogP contribution in [0.5, 0.6) is 0 Å². The molecule has 13 heteroatoms. The third-order valence-corrected chi connectivity index (χ3v) is 5.62. The minimum Gasteiger partial charge on any atom is -0.442 e. The zero-order valence-electron chi connectivity index (χ0n) is 18.8. The largest absolute Gasteiger partial charge is 0.442 e. The first kappa shape index (κ1) is 25.2. The highest BCUT2D eigenvalue weighted by Gasteiger charge is 2.34. The Morgan fingerprint density at radius 1 is 1.08 bits per heavy atom. The number of nitrogens with zero attached hydrogens (tertiary/aromatic N) is 2. The number of alkyl halides is 2. The molecule has 2 heterocycles. The fourth-order valence-corrected chi connectivity index (χ4v) is 3.82. The van der Waals surface area contributed by atoms with Crippen LogP contribution in [0.1, 0.15) is 2.85 Å². The monoisotopic (exact) mass is 514 g/mol. The van der Waals surface area contributed by atoms with E-state index in [1.165, 1.54) is 18.2 Å². The average Bonchev–Trinajstić information content (AvgIpc) is 3.12. The van der Waals surface area contributed by atoms with Crippen molar-refractivity contribution in [3.63, 3.8) is 0 Å². The van der Waals surface area contributed by atoms with Crippen LogP contribution in [0.3, 0.4) is 0 Å². The van der Waals surface area contributed by atoms with Crippen molar-refractivity contribution in [2.45, 2.75) is 12.5 Å². The fourth-order valence-electron chi connectivity index (χ4n) is 3.82. The quantitative estimate of drug-likeness (QED) is 0.548. The van der Waals surface area contributed by atoms with Gasteiger partial charge in [0.05, 0.1) is 37.7 Å². The molecule has 0 spiro atoms. The summed E-state index contributed by atoms with van der Waals surface area (Å²) in [5.74, 6) is -3.56. The Morgan fingerprint density at radius 3 is 2.42 bits per heavy atom. The number of carbonyl (C=O) groups is 2. The number of halogens is 4. The summed E-state index contributed by atoms with van der Waals surface area (Å²) in [6.07, 6.45) is -5.14. The molecular formula is C23H26F4N4O5. The van der Waals surface area contributed by atoms with Gasteiger partial charge in [0, 0.05) is 33.8 Å². The van der Waals surface area contributed by atoms with Crippen LogP contribution in [0.15, 0.2) is 41.2 Å². The number of anilines is 4. The van der Waals surface area contributed by atoms with Crippen molar-refractivity contribution < 1.29 is 39.5 Å². The zero-order chi connectivity index (χ0) is 25.8. The van der Waals surface area contributed by atoms with Gasteiger partial charge in [0.1, 0.15) is 11.8 Å². The van der Waals surface area contributed by atoms with Crippen LogP contribution < -0.4 is 25.9 Å². The van der Waals surface area contributed by atoms with E-state index in [4.69, 9.17) is 9.47 Å². The highest BCUT2D eigenvalue weighted by molar-refractivity contribution is 5.90. The lowest BCUT2D eigenvalue weighted by Gasteiger charge is -2.27. The molecule has 1 atom stereocenters. The number of morpholine rings is 1. The van der Waals surface area contributed by atoms with Gasteiger partial charge in [0.2, 0.25) is 5.43 Å². The Bertz CT molecular complexity index is 1200. The molecule has 0 saturated carbocycles. The van der Waals surface area contributed by atoms with Gasteiger partial charge < -0.3 is 25.0 Å². The van der Waals surface area contributed by atoms with Crippen molar-refractivity contribution in [1.82, 2.24) is 5.32 Å². The molecule has 2 aliphatic heterocycles. The smallest absolute Gasteiger partial charge is 0.414 e. The standard InChI is InChI=1S/C23H22F4N4O5.2H2/c24-16-9-14(31-12-15(36-23(31)34)11-28-22(33)21(26)27)10-17(25)20(16)29-13-1-3-18(19(32)4-2-13)30-5-7-35-8-6-30;;/h1-4,9-10,15,21,29H,5-8,11-12H2,(H,28,33);2*1H/t15-;;/m0../s1. The number of carbonyl (C=O) groups excluding carboxylic acids is 2. The lowest BCUT2D eigenvalue weighted by Crippen LogP contribution is -2.38. The predicted octanol–water partition coefficient (Wildman–Crippen LogP) is 3.10. The molecule has 9 nitrogen and oxygen atoms in total. The number of rotatable bonds is 7. The molecule has 0 bridgehead atoms. The Hall–Kier alpha value is -3.87. The van der Waals surface area contributed by atoms with Gasteiger partial charge in [-0.1, -0.05) is 0 Å². The van der Waals surface area contributed by atoms with E-state index in [1.807, 2.05) is 10.2 Å². The van der Waals surface area contributed by atoms with E-state index in [1.54, 1.807) is 6.07 Å². The number of hydrogen-bond acceptors (Lipinski definition) is 7. The summed E-state index contributed by atoms with van der Waals surface area (Å²) in [4.78, 5) is 38.4. The van der Waals surface area contributed by atoms with Gasteiger partial charge in [-0.25, -0.2) is 13.6 Å². The number of amides is 2. The molecule has 2 N–H and O–H groups in total. The molecule has 2 amide bonds. The van der Waals surface area contributed by atoms with Gasteiger partial charge in [-0.05, 0) is 24.3 Å². The van der Waals surface area contributed by atoms with Crippen molar-refractivity contribution in [3.05, 3.63) is 58.3 Å². The lowest BCUT2D eigenvalue weighted by molar-refractivity contribution is -0.132. The molecule has 0 unspecified atom stereocenters. The van der Waals surface area contributed by atoms with Crippen LogP contribution in [-0.4, -0.2) is 63.9 Å². The summed E-state index contributed by atoms with van der Waals surface area (Å²) in [5, 5.41) is 4.54. The van der Waals surface area contributed by atoms with Crippen LogP contribution in [0, 0.1) is 11.6 Å². The molecule has 4 rings (SSSR count). The summed E-state index contributed by atoms with van der Waals surface area (Å²) in [5.41, 5.74) is -0.216. The average molecular weight is 514 g/mol. The molecule has 36 heavy (non-hydrogen) atoms. The van der Waals surface area contributed by atoms with E-state index < -0.39 is 41.9 Å². The molecule has 2 saturated heterocycles. The minimum atomic E-state index is -3.22. The van der Waals surface area contributed by atoms with E-state index in [9.17, 15) is 31.9 Å². The molecule has 196 valence electrons. The number of ether oxygens (including phenoxy) is 2. The topological polar surface area (TPSA) is 100 Å². The first-order chi connectivity index (χ1) is 17.2. The molecule has 0 aliphatic carbocycles. The van der Waals surface area contributed by atoms with Crippen molar-refractivity contribution in [1.29, 1.82) is 0 Å². The maximum atomic E-state index is 14.9. The van der Waals surface area contributed by atoms with Gasteiger partial charge in [-0.2, -0.15) is 8.78 Å². The normalized spacial score (nSPS) is 17.8. The van der Waals surface area contributed by atoms with Gasteiger partial charge in [-0.15, -0.1) is 0 Å². The number of nitrogens with one attached hydrogen (secondary N) is 2. The van der Waals surface area contributed by atoms with Crippen LogP contribution in [-0.2, 0) is 14.3 Å². The van der Waals surface area contributed by atoms with E-state index in [2.05, 4.69) is 5.32 Å². The number of cyclic esters (lactones) is 1. The summed E-state index contributed by atoms with van der Waals surface area (Å²) >= 11 is 0. The third-order valence-electron chi connectivity index (χ3n) is 5.62. The van der Waals surface area contributed by atoms with E-state index in [0.29, 0.717) is 32.0 Å². The maximum Gasteiger partial charge on any atom is 0.414 e. The second kappa shape index (κ2) is 10.8. The van der Waals surface area contributed by atoms with E-state index in [-0.39, 0.29) is 32.7 Å². The lowest BCUT2D eigenvalue weighted by atomic mass is 10.2. The van der Waals surface area contributed by atoms with Crippen LogP contribution in [0.2, 0.25) is 0 Å². The highest BCUT2D eigenvalue weighted by Crippen LogP contribution is 2.30. The van der Waals surface area contributed by atoms with Crippen molar-refractivity contribution >= 4 is 34.7 Å². The van der Waals surface area contributed by atoms with Crippen molar-refractivity contribution in [2.75, 3.05) is 54.5 Å². The SMILES string of the molecule is O=C(NC[C@H]1CN(c2cc(F)c(Nc3ccc(N4CCOCC4)c(=O)cc3)c(F)c2)C(=O)O1)C(F)F.[HH].[HH]. The second-order valence-corrected chi connectivity index (χ2v) is 8.04. The van der Waals surface area contributed by atoms with Gasteiger partial charge in [0.25, 0.3) is 5.91 Å². The summed E-state index contributed by atoms with van der Waals surface area (Å²) < 4.78 is 64.6. The first-order valence-electron chi connectivity index (χ1n) is 11.0. The van der Waals surface area contributed by atoms with Crippen molar-refractivity contribution in [2.24, 2.45) is 0 Å². The van der Waals surface area contributed by atoms with Gasteiger partial charge in [-0.3, -0.25) is 14.5 Å². The predicted molar refractivity (Wildman–Crippen MR) is 126 cm³/mol. The van der Waals surface area contributed by atoms with Gasteiger partial charge >= 0.3 is 12.5 Å². The number of hydrogen-bond donors (Lipinski definition) is 2. The Labute approximate surface area is 205 Å². The van der Waals surface area contributed by atoms with Gasteiger partial charge in [0.15, 0.2) is 11.6 Å².